The lowest BCUT2D eigenvalue weighted by Crippen LogP contribution is -2.39. The van der Waals surface area contributed by atoms with Crippen molar-refractivity contribution in [1.82, 2.24) is 4.90 Å². The molecule has 2 rings (SSSR count). The Balaban J connectivity index is 2.20. The molecule has 0 radical (unpaired) electrons. The van der Waals surface area contributed by atoms with Crippen molar-refractivity contribution >= 4 is 23.3 Å². The number of ketones is 1. The van der Waals surface area contributed by atoms with Gasteiger partial charge in [0, 0.05) is 19.0 Å². The second kappa shape index (κ2) is 7.40. The highest BCUT2D eigenvalue weighted by atomic mass is 35.5. The van der Waals surface area contributed by atoms with E-state index in [0.29, 0.717) is 12.8 Å². The Labute approximate surface area is 162 Å². The summed E-state index contributed by atoms with van der Waals surface area (Å²) < 4.78 is 28.0. The van der Waals surface area contributed by atoms with Crippen LogP contribution in [0.15, 0.2) is 23.8 Å². The van der Waals surface area contributed by atoms with Crippen LogP contribution in [0.4, 0.5) is 8.78 Å². The maximum Gasteiger partial charge on any atom is 0.259 e. The largest absolute Gasteiger partial charge is 0.341 e. The van der Waals surface area contributed by atoms with E-state index in [1.165, 1.54) is 11.9 Å². The fourth-order valence-electron chi connectivity index (χ4n) is 3.60. The van der Waals surface area contributed by atoms with Gasteiger partial charge in [0.2, 0.25) is 0 Å². The molecule has 1 aliphatic carbocycles. The average Bonchev–Trinajstić information content (AvgIpc) is 2.59. The van der Waals surface area contributed by atoms with Gasteiger partial charge in [0.25, 0.3) is 5.91 Å². The Bertz CT molecular complexity index is 873. The van der Waals surface area contributed by atoms with Crippen molar-refractivity contribution in [2.75, 3.05) is 13.6 Å². The molecule has 0 N–H and O–H groups in total. The minimum Gasteiger partial charge on any atom is -0.341 e. The summed E-state index contributed by atoms with van der Waals surface area (Å²) in [6, 6.07) is 3.94. The first-order valence-corrected chi connectivity index (χ1v) is 8.86. The lowest BCUT2D eigenvalue weighted by molar-refractivity contribution is -0.125. The van der Waals surface area contributed by atoms with Gasteiger partial charge in [0.1, 0.15) is 17.4 Å². The molecule has 0 aliphatic heterocycles. The normalized spacial score (nSPS) is 21.4. The molecule has 0 spiro atoms. The Kier molecular flexibility index (Phi) is 5.77. The molecule has 0 saturated heterocycles. The number of hydrogen-bond donors (Lipinski definition) is 0. The Morgan fingerprint density at radius 1 is 1.33 bits per heavy atom. The van der Waals surface area contributed by atoms with Gasteiger partial charge in [-0.3, -0.25) is 9.59 Å². The van der Waals surface area contributed by atoms with Crippen molar-refractivity contribution in [3.05, 3.63) is 46.0 Å². The van der Waals surface area contributed by atoms with Gasteiger partial charge in [-0.15, -0.1) is 0 Å². The highest BCUT2D eigenvalue weighted by molar-refractivity contribution is 6.31. The predicted molar refractivity (Wildman–Crippen MR) is 98.2 cm³/mol. The molecular formula is C20H21ClF2N2O2. The molecule has 0 unspecified atom stereocenters. The lowest BCUT2D eigenvalue weighted by atomic mass is 9.64. The quantitative estimate of drug-likeness (QED) is 0.704. The zero-order valence-electron chi connectivity index (χ0n) is 15.7. The highest BCUT2D eigenvalue weighted by Gasteiger charge is 2.42. The number of Topliss-reactive ketones (excluding diaryl/α,β-unsaturated/α-hetero) is 1. The molecule has 0 fully saturated rings. The topological polar surface area (TPSA) is 61.2 Å². The summed E-state index contributed by atoms with van der Waals surface area (Å²) in [5.41, 5.74) is -1.78. The molecule has 144 valence electrons. The number of carbonyl (C=O) groups excluding carboxylic acids is 2. The molecule has 1 aromatic rings. The number of rotatable bonds is 4. The number of hydrogen-bond acceptors (Lipinski definition) is 3. The van der Waals surface area contributed by atoms with Gasteiger partial charge >= 0.3 is 0 Å². The summed E-state index contributed by atoms with van der Waals surface area (Å²) in [6.07, 6.45) is 2.58. The third-order valence-corrected chi connectivity index (χ3v) is 5.23. The summed E-state index contributed by atoms with van der Waals surface area (Å²) in [5.74, 6) is -3.08. The van der Waals surface area contributed by atoms with Crippen LogP contribution in [0.5, 0.6) is 0 Å². The minimum absolute atomic E-state index is 0.106. The van der Waals surface area contributed by atoms with Gasteiger partial charge < -0.3 is 4.90 Å². The molecule has 0 bridgehead atoms. The molecule has 0 saturated carbocycles. The van der Waals surface area contributed by atoms with Crippen LogP contribution >= 0.6 is 11.6 Å². The number of benzene rings is 1. The van der Waals surface area contributed by atoms with Crippen LogP contribution in [0, 0.1) is 33.8 Å². The third-order valence-electron chi connectivity index (χ3n) is 4.94. The number of amides is 1. The molecule has 4 nitrogen and oxygen atoms in total. The standard InChI is InChI=1S/C20H21ClF2N2O2/c1-19(2)11-20(3,9-12(10-24)17(19)26)7-8-25(4)18(27)15-14(22)6-5-13(21)16(15)23/h5-6,9H,7-8,11H2,1-4H3/t20-/m1/s1. The minimum atomic E-state index is -1.09. The molecule has 1 amide bonds. The van der Waals surface area contributed by atoms with Crippen LogP contribution < -0.4 is 0 Å². The summed E-state index contributed by atoms with van der Waals surface area (Å²) in [7, 11) is 1.44. The van der Waals surface area contributed by atoms with Crippen LogP contribution in [-0.4, -0.2) is 30.2 Å². The van der Waals surface area contributed by atoms with E-state index in [-0.39, 0.29) is 22.9 Å². The molecule has 1 aliphatic rings. The van der Waals surface area contributed by atoms with E-state index in [4.69, 9.17) is 11.6 Å². The van der Waals surface area contributed by atoms with Gasteiger partial charge in [0.05, 0.1) is 10.6 Å². The molecule has 7 heteroatoms. The first-order valence-electron chi connectivity index (χ1n) is 8.48. The van der Waals surface area contributed by atoms with E-state index in [0.717, 1.165) is 12.1 Å². The van der Waals surface area contributed by atoms with Crippen molar-refractivity contribution < 1.29 is 18.4 Å². The van der Waals surface area contributed by atoms with Crippen molar-refractivity contribution in [3.8, 4) is 6.07 Å². The van der Waals surface area contributed by atoms with Crippen molar-refractivity contribution in [1.29, 1.82) is 5.26 Å². The van der Waals surface area contributed by atoms with E-state index in [9.17, 15) is 23.6 Å². The molecule has 27 heavy (non-hydrogen) atoms. The second-order valence-electron chi connectivity index (χ2n) is 7.91. The number of carbonyl (C=O) groups is 2. The highest BCUT2D eigenvalue weighted by Crippen LogP contribution is 2.44. The molecule has 1 atom stereocenters. The Morgan fingerprint density at radius 3 is 2.56 bits per heavy atom. The third kappa shape index (κ3) is 4.19. The Hall–Kier alpha value is -2.26. The summed E-state index contributed by atoms with van der Waals surface area (Å²) in [6.45, 7) is 5.66. The molecular weight excluding hydrogens is 374 g/mol. The maximum atomic E-state index is 14.1. The molecule has 0 heterocycles. The van der Waals surface area contributed by atoms with E-state index in [2.05, 4.69) is 0 Å². The number of nitriles is 1. The van der Waals surface area contributed by atoms with E-state index in [1.54, 1.807) is 19.9 Å². The lowest BCUT2D eigenvalue weighted by Gasteiger charge is -2.39. The zero-order chi connectivity index (χ0) is 20.6. The fourth-order valence-corrected chi connectivity index (χ4v) is 3.76. The van der Waals surface area contributed by atoms with Gasteiger partial charge in [-0.2, -0.15) is 5.26 Å². The molecule has 1 aromatic carbocycles. The summed E-state index contributed by atoms with van der Waals surface area (Å²) >= 11 is 5.65. The van der Waals surface area contributed by atoms with Crippen LogP contribution in [0.2, 0.25) is 5.02 Å². The molecule has 0 aromatic heterocycles. The van der Waals surface area contributed by atoms with E-state index in [1.807, 2.05) is 13.0 Å². The van der Waals surface area contributed by atoms with Crippen molar-refractivity contribution in [2.24, 2.45) is 10.8 Å². The first-order chi connectivity index (χ1) is 12.4. The maximum absolute atomic E-state index is 14.1. The van der Waals surface area contributed by atoms with Crippen molar-refractivity contribution in [3.63, 3.8) is 0 Å². The second-order valence-corrected chi connectivity index (χ2v) is 8.32. The van der Waals surface area contributed by atoms with Crippen LogP contribution in [0.1, 0.15) is 44.0 Å². The Morgan fingerprint density at radius 2 is 1.96 bits per heavy atom. The van der Waals surface area contributed by atoms with Gasteiger partial charge in [0.15, 0.2) is 11.6 Å². The smallest absolute Gasteiger partial charge is 0.259 e. The fraction of sp³-hybridized carbons (Fsp3) is 0.450. The first kappa shape index (κ1) is 21.0. The van der Waals surface area contributed by atoms with Gasteiger partial charge in [-0.05, 0) is 30.4 Å². The van der Waals surface area contributed by atoms with E-state index < -0.39 is 33.9 Å². The van der Waals surface area contributed by atoms with Gasteiger partial charge in [-0.25, -0.2) is 8.78 Å². The number of nitrogens with zero attached hydrogens (tertiary/aromatic N) is 2. The van der Waals surface area contributed by atoms with Crippen molar-refractivity contribution in [2.45, 2.75) is 33.6 Å². The monoisotopic (exact) mass is 394 g/mol. The average molecular weight is 395 g/mol. The number of allylic oxidation sites excluding steroid dienone is 2. The number of halogens is 3. The summed E-state index contributed by atoms with van der Waals surface area (Å²) in [5, 5.41) is 8.90. The van der Waals surface area contributed by atoms with Gasteiger partial charge in [-0.1, -0.05) is 38.4 Å². The summed E-state index contributed by atoms with van der Waals surface area (Å²) in [4.78, 5) is 25.9. The predicted octanol–water partition coefficient (Wildman–Crippen LogP) is 4.54. The van der Waals surface area contributed by atoms with Crippen LogP contribution in [-0.2, 0) is 4.79 Å². The van der Waals surface area contributed by atoms with Crippen LogP contribution in [0.3, 0.4) is 0 Å². The SMILES string of the molecule is CN(CC[C@]1(C)C=C(C#N)C(=O)C(C)(C)C1)C(=O)c1c(F)ccc(Cl)c1F. The van der Waals surface area contributed by atoms with Crippen LogP contribution in [0.25, 0.3) is 0 Å². The zero-order valence-corrected chi connectivity index (χ0v) is 16.5. The van der Waals surface area contributed by atoms with E-state index >= 15 is 0 Å².